The SMILES string of the molecule is CC(C)(C)Cc1nc2cc(S(=O)(=O)c3ccncc3)ccc2n1CC1CCOCC1. The molecule has 0 N–H and O–H groups in total. The van der Waals surface area contributed by atoms with Gasteiger partial charge in [-0.15, -0.1) is 0 Å². The lowest BCUT2D eigenvalue weighted by atomic mass is 9.91. The van der Waals surface area contributed by atoms with E-state index < -0.39 is 9.84 Å². The topological polar surface area (TPSA) is 74.1 Å². The van der Waals surface area contributed by atoms with Gasteiger partial charge in [0.05, 0.1) is 20.8 Å². The lowest BCUT2D eigenvalue weighted by Gasteiger charge is -2.25. The summed E-state index contributed by atoms with van der Waals surface area (Å²) in [5, 5.41) is 0. The minimum atomic E-state index is -3.60. The minimum Gasteiger partial charge on any atom is -0.381 e. The van der Waals surface area contributed by atoms with E-state index in [1.807, 2.05) is 6.07 Å². The maximum Gasteiger partial charge on any atom is 0.206 e. The average Bonchev–Trinajstić information content (AvgIpc) is 3.04. The third-order valence-corrected chi connectivity index (χ3v) is 7.31. The van der Waals surface area contributed by atoms with Crippen molar-refractivity contribution in [3.63, 3.8) is 0 Å². The Labute approximate surface area is 178 Å². The molecule has 3 aromatic rings. The maximum atomic E-state index is 13.0. The second-order valence-corrected chi connectivity index (χ2v) is 11.2. The molecule has 0 radical (unpaired) electrons. The van der Waals surface area contributed by atoms with E-state index in [-0.39, 0.29) is 15.2 Å². The zero-order chi connectivity index (χ0) is 21.4. The molecule has 1 saturated heterocycles. The summed E-state index contributed by atoms with van der Waals surface area (Å²) in [6.07, 6.45) is 5.91. The second kappa shape index (κ2) is 8.12. The van der Waals surface area contributed by atoms with Gasteiger partial charge in [-0.3, -0.25) is 4.98 Å². The highest BCUT2D eigenvalue weighted by Gasteiger charge is 2.24. The number of nitrogens with zero attached hydrogens (tertiary/aromatic N) is 3. The van der Waals surface area contributed by atoms with Crippen molar-refractivity contribution in [3.05, 3.63) is 48.5 Å². The fourth-order valence-corrected chi connectivity index (χ4v) is 5.25. The van der Waals surface area contributed by atoms with Crippen LogP contribution in [0.2, 0.25) is 0 Å². The maximum absolute atomic E-state index is 13.0. The summed E-state index contributed by atoms with van der Waals surface area (Å²) in [5.74, 6) is 1.57. The molecule has 7 heteroatoms. The molecule has 1 aliphatic rings. The third-order valence-electron chi connectivity index (χ3n) is 5.54. The van der Waals surface area contributed by atoms with E-state index in [2.05, 4.69) is 30.3 Å². The van der Waals surface area contributed by atoms with Crippen LogP contribution in [-0.2, 0) is 27.5 Å². The van der Waals surface area contributed by atoms with Gasteiger partial charge in [-0.1, -0.05) is 20.8 Å². The molecule has 2 aromatic heterocycles. The zero-order valence-electron chi connectivity index (χ0n) is 17.8. The lowest BCUT2D eigenvalue weighted by molar-refractivity contribution is 0.0612. The van der Waals surface area contributed by atoms with Crippen LogP contribution >= 0.6 is 0 Å². The molecule has 160 valence electrons. The van der Waals surface area contributed by atoms with Gasteiger partial charge in [0.15, 0.2) is 0 Å². The van der Waals surface area contributed by atoms with Gasteiger partial charge in [-0.25, -0.2) is 13.4 Å². The summed E-state index contributed by atoms with van der Waals surface area (Å²) in [7, 11) is -3.60. The van der Waals surface area contributed by atoms with Crippen LogP contribution in [0.25, 0.3) is 11.0 Å². The standard InChI is InChI=1S/C23H29N3O3S/c1-23(2,3)15-22-25-20-14-19(30(27,28)18-6-10-24-11-7-18)4-5-21(20)26(22)16-17-8-12-29-13-9-17/h4-7,10-11,14,17H,8-9,12-13,15-16H2,1-3H3. The number of hydrogen-bond donors (Lipinski definition) is 0. The first-order valence-electron chi connectivity index (χ1n) is 10.5. The van der Waals surface area contributed by atoms with Crippen LogP contribution in [0.3, 0.4) is 0 Å². The van der Waals surface area contributed by atoms with E-state index in [9.17, 15) is 8.42 Å². The Kier molecular flexibility index (Phi) is 5.68. The number of fused-ring (bicyclic) bond motifs is 1. The van der Waals surface area contributed by atoms with Gasteiger partial charge in [-0.2, -0.15) is 0 Å². The summed E-state index contributed by atoms with van der Waals surface area (Å²) >= 11 is 0. The number of rotatable bonds is 5. The van der Waals surface area contributed by atoms with Crippen molar-refractivity contribution in [3.8, 4) is 0 Å². The van der Waals surface area contributed by atoms with Crippen molar-refractivity contribution in [1.82, 2.24) is 14.5 Å². The van der Waals surface area contributed by atoms with Crippen LogP contribution in [0.5, 0.6) is 0 Å². The Morgan fingerprint density at radius 2 is 1.77 bits per heavy atom. The highest BCUT2D eigenvalue weighted by atomic mass is 32.2. The predicted molar refractivity (Wildman–Crippen MR) is 116 cm³/mol. The number of imidazole rings is 1. The summed E-state index contributed by atoms with van der Waals surface area (Å²) in [4.78, 5) is 9.31. The fraction of sp³-hybridized carbons (Fsp3) is 0.478. The van der Waals surface area contributed by atoms with E-state index >= 15 is 0 Å². The Bertz CT molecular complexity index is 1130. The van der Waals surface area contributed by atoms with Crippen molar-refractivity contribution < 1.29 is 13.2 Å². The normalized spacial score (nSPS) is 16.2. The molecule has 0 amide bonds. The quantitative estimate of drug-likeness (QED) is 0.608. The van der Waals surface area contributed by atoms with Gasteiger partial charge < -0.3 is 9.30 Å². The van der Waals surface area contributed by atoms with Crippen LogP contribution in [-0.4, -0.2) is 36.2 Å². The lowest BCUT2D eigenvalue weighted by Crippen LogP contribution is -2.22. The van der Waals surface area contributed by atoms with Crippen LogP contribution in [0.1, 0.15) is 39.4 Å². The summed E-state index contributed by atoms with van der Waals surface area (Å²) in [5.41, 5.74) is 1.81. The van der Waals surface area contributed by atoms with Crippen LogP contribution in [0, 0.1) is 11.3 Å². The van der Waals surface area contributed by atoms with Crippen molar-refractivity contribution >= 4 is 20.9 Å². The first-order chi connectivity index (χ1) is 14.2. The van der Waals surface area contributed by atoms with E-state index in [1.54, 1.807) is 12.1 Å². The monoisotopic (exact) mass is 427 g/mol. The molecule has 0 saturated carbocycles. The van der Waals surface area contributed by atoms with Gasteiger partial charge in [0.1, 0.15) is 5.82 Å². The predicted octanol–water partition coefficient (Wildman–Crippen LogP) is 4.28. The van der Waals surface area contributed by atoms with Gasteiger partial charge >= 0.3 is 0 Å². The van der Waals surface area contributed by atoms with Crippen molar-refractivity contribution in [2.24, 2.45) is 11.3 Å². The highest BCUT2D eigenvalue weighted by molar-refractivity contribution is 7.91. The van der Waals surface area contributed by atoms with Crippen molar-refractivity contribution in [1.29, 1.82) is 0 Å². The Balaban J connectivity index is 1.77. The molecule has 1 aliphatic heterocycles. The number of ether oxygens (including phenoxy) is 1. The molecule has 0 atom stereocenters. The molecule has 3 heterocycles. The van der Waals surface area contributed by atoms with Gasteiger partial charge in [0.25, 0.3) is 0 Å². The Morgan fingerprint density at radius 3 is 2.43 bits per heavy atom. The number of sulfone groups is 1. The molecule has 0 aliphatic carbocycles. The van der Waals surface area contributed by atoms with E-state index in [0.717, 1.165) is 55.9 Å². The van der Waals surface area contributed by atoms with Gasteiger partial charge in [-0.05, 0) is 54.5 Å². The molecule has 0 unspecified atom stereocenters. The Hall–Kier alpha value is -2.25. The molecular formula is C23H29N3O3S. The van der Waals surface area contributed by atoms with E-state index in [4.69, 9.17) is 9.72 Å². The van der Waals surface area contributed by atoms with Crippen molar-refractivity contribution in [2.75, 3.05) is 13.2 Å². The molecule has 0 bridgehead atoms. The zero-order valence-corrected chi connectivity index (χ0v) is 18.7. The van der Waals surface area contributed by atoms with Crippen molar-refractivity contribution in [2.45, 2.75) is 56.4 Å². The van der Waals surface area contributed by atoms with Crippen LogP contribution in [0.4, 0.5) is 0 Å². The number of benzene rings is 1. The summed E-state index contributed by atoms with van der Waals surface area (Å²) in [6, 6.07) is 8.35. The molecule has 1 fully saturated rings. The molecule has 6 nitrogen and oxygen atoms in total. The summed E-state index contributed by atoms with van der Waals surface area (Å²) in [6.45, 7) is 9.10. The minimum absolute atomic E-state index is 0.0841. The van der Waals surface area contributed by atoms with Crippen LogP contribution < -0.4 is 0 Å². The molecule has 4 rings (SSSR count). The molecular weight excluding hydrogens is 398 g/mol. The molecule has 0 spiro atoms. The van der Waals surface area contributed by atoms with Crippen LogP contribution in [0.15, 0.2) is 52.5 Å². The number of aromatic nitrogens is 3. The van der Waals surface area contributed by atoms with Gasteiger partial charge in [0, 0.05) is 38.6 Å². The first kappa shape index (κ1) is 21.0. The molecule has 30 heavy (non-hydrogen) atoms. The summed E-state index contributed by atoms with van der Waals surface area (Å²) < 4.78 is 33.9. The first-order valence-corrected chi connectivity index (χ1v) is 11.9. The van der Waals surface area contributed by atoms with E-state index in [0.29, 0.717) is 5.92 Å². The smallest absolute Gasteiger partial charge is 0.206 e. The average molecular weight is 428 g/mol. The van der Waals surface area contributed by atoms with E-state index in [1.165, 1.54) is 24.5 Å². The largest absolute Gasteiger partial charge is 0.381 e. The number of hydrogen-bond acceptors (Lipinski definition) is 5. The molecule has 1 aromatic carbocycles. The van der Waals surface area contributed by atoms with Gasteiger partial charge in [0.2, 0.25) is 9.84 Å². The highest BCUT2D eigenvalue weighted by Crippen LogP contribution is 2.29. The fourth-order valence-electron chi connectivity index (χ4n) is 3.98. The third kappa shape index (κ3) is 4.42. The Morgan fingerprint density at radius 1 is 1.07 bits per heavy atom. The second-order valence-electron chi connectivity index (χ2n) is 9.27. The number of pyridine rings is 1.